The number of rotatable bonds is 10. The number of aromatic amines is 1. The molecule has 1 atom stereocenters. The van der Waals surface area contributed by atoms with Crippen molar-refractivity contribution in [3.05, 3.63) is 93.9 Å². The molecule has 3 aromatic heterocycles. The van der Waals surface area contributed by atoms with E-state index in [0.717, 1.165) is 28.9 Å². The Bertz CT molecular complexity index is 1640. The Hall–Kier alpha value is -4.64. The van der Waals surface area contributed by atoms with Gasteiger partial charge < -0.3 is 23.6 Å². The second kappa shape index (κ2) is 11.2. The Morgan fingerprint density at radius 1 is 1.07 bits per heavy atom. The largest absolute Gasteiger partial charge is 0.497 e. The molecule has 1 N–H and O–H groups in total. The van der Waals surface area contributed by atoms with Crippen molar-refractivity contribution in [1.82, 2.24) is 30.1 Å². The van der Waals surface area contributed by atoms with Gasteiger partial charge in [0.1, 0.15) is 31.3 Å². The first kappa shape index (κ1) is 25.6. The van der Waals surface area contributed by atoms with Crippen LogP contribution in [-0.4, -0.2) is 50.4 Å². The minimum Gasteiger partial charge on any atom is -0.497 e. The maximum Gasteiger partial charge on any atom is 0.252 e. The molecule has 11 heteroatoms. The van der Waals surface area contributed by atoms with Crippen LogP contribution in [0.15, 0.2) is 70.1 Å². The molecule has 0 saturated heterocycles. The zero-order valence-electron chi connectivity index (χ0n) is 22.4. The molecule has 4 heterocycles. The van der Waals surface area contributed by atoms with E-state index >= 15 is 0 Å². The molecule has 11 nitrogen and oxygen atoms in total. The van der Waals surface area contributed by atoms with Crippen LogP contribution < -0.4 is 19.8 Å². The summed E-state index contributed by atoms with van der Waals surface area (Å²) in [6.45, 7) is 4.42. The van der Waals surface area contributed by atoms with Crippen LogP contribution in [0, 0.1) is 0 Å². The maximum absolute atomic E-state index is 13.3. The molecule has 0 radical (unpaired) electrons. The fourth-order valence-electron chi connectivity index (χ4n) is 5.08. The number of tetrazole rings is 1. The van der Waals surface area contributed by atoms with E-state index in [4.69, 9.17) is 18.6 Å². The third kappa shape index (κ3) is 5.28. The standard InChI is InChI=1S/C29H30N6O5/c1-3-25(28-31-32-33-35(28)18-23-5-4-10-38-23)34(16-19-6-8-22(37-2)9-7-19)17-21-13-20-14-26-27(40-12-11-39-26)15-24(20)30-29(21)36/h4-10,13-15,25H,3,11-12,16-18H2,1-2H3,(H,30,36). The van der Waals surface area contributed by atoms with Gasteiger partial charge in [0.2, 0.25) is 0 Å². The van der Waals surface area contributed by atoms with E-state index in [1.807, 2.05) is 54.6 Å². The fourth-order valence-corrected chi connectivity index (χ4v) is 5.08. The first-order valence-electron chi connectivity index (χ1n) is 13.2. The van der Waals surface area contributed by atoms with Crippen LogP contribution >= 0.6 is 0 Å². The van der Waals surface area contributed by atoms with E-state index in [0.29, 0.717) is 61.3 Å². The summed E-state index contributed by atoms with van der Waals surface area (Å²) in [5.41, 5.74) is 2.24. The van der Waals surface area contributed by atoms with Gasteiger partial charge in [-0.05, 0) is 58.8 Å². The highest BCUT2D eigenvalue weighted by Crippen LogP contribution is 2.34. The van der Waals surface area contributed by atoms with Gasteiger partial charge in [-0.15, -0.1) is 5.10 Å². The number of nitrogens with zero attached hydrogens (tertiary/aromatic N) is 5. The van der Waals surface area contributed by atoms with Crippen LogP contribution in [0.3, 0.4) is 0 Å². The number of aromatic nitrogens is 5. The average Bonchev–Trinajstić information content (AvgIpc) is 3.66. The Morgan fingerprint density at radius 2 is 1.88 bits per heavy atom. The quantitative estimate of drug-likeness (QED) is 0.278. The van der Waals surface area contributed by atoms with Gasteiger partial charge in [-0.2, -0.15) is 0 Å². The molecule has 206 valence electrons. The lowest BCUT2D eigenvalue weighted by Gasteiger charge is -2.30. The summed E-state index contributed by atoms with van der Waals surface area (Å²) >= 11 is 0. The zero-order valence-corrected chi connectivity index (χ0v) is 22.4. The van der Waals surface area contributed by atoms with Gasteiger partial charge in [-0.3, -0.25) is 9.69 Å². The molecule has 1 aliphatic heterocycles. The van der Waals surface area contributed by atoms with Crippen LogP contribution in [0.4, 0.5) is 0 Å². The van der Waals surface area contributed by atoms with Crippen molar-refractivity contribution in [3.63, 3.8) is 0 Å². The number of methoxy groups -OCH3 is 1. The van der Waals surface area contributed by atoms with Crippen molar-refractivity contribution >= 4 is 10.9 Å². The lowest BCUT2D eigenvalue weighted by atomic mass is 10.1. The second-order valence-corrected chi connectivity index (χ2v) is 9.66. The molecular weight excluding hydrogens is 512 g/mol. The second-order valence-electron chi connectivity index (χ2n) is 9.66. The Balaban J connectivity index is 1.36. The molecule has 40 heavy (non-hydrogen) atoms. The summed E-state index contributed by atoms with van der Waals surface area (Å²) < 4.78 is 24.1. The molecule has 0 amide bonds. The van der Waals surface area contributed by atoms with E-state index in [1.165, 1.54) is 0 Å². The molecule has 1 aliphatic rings. The minimum atomic E-state index is -0.178. The molecule has 6 rings (SSSR count). The van der Waals surface area contributed by atoms with Crippen molar-refractivity contribution < 1.29 is 18.6 Å². The Kier molecular flexibility index (Phi) is 7.19. The van der Waals surface area contributed by atoms with E-state index < -0.39 is 0 Å². The van der Waals surface area contributed by atoms with Crippen molar-refractivity contribution in [2.24, 2.45) is 0 Å². The highest BCUT2D eigenvalue weighted by molar-refractivity contribution is 5.83. The number of fused-ring (bicyclic) bond motifs is 2. The molecule has 0 fully saturated rings. The molecule has 0 spiro atoms. The summed E-state index contributed by atoms with van der Waals surface area (Å²) in [4.78, 5) is 18.6. The smallest absolute Gasteiger partial charge is 0.252 e. The summed E-state index contributed by atoms with van der Waals surface area (Å²) in [5, 5.41) is 13.5. The number of hydrogen-bond donors (Lipinski definition) is 1. The van der Waals surface area contributed by atoms with Gasteiger partial charge in [0.25, 0.3) is 5.56 Å². The summed E-state index contributed by atoms with van der Waals surface area (Å²) in [5.74, 6) is 3.55. The van der Waals surface area contributed by atoms with Crippen LogP contribution in [-0.2, 0) is 19.6 Å². The monoisotopic (exact) mass is 542 g/mol. The third-order valence-electron chi connectivity index (χ3n) is 7.07. The Morgan fingerprint density at radius 3 is 2.60 bits per heavy atom. The van der Waals surface area contributed by atoms with Gasteiger partial charge in [-0.25, -0.2) is 4.68 Å². The molecular formula is C29H30N6O5. The topological polar surface area (TPSA) is 121 Å². The fraction of sp³-hybridized carbons (Fsp3) is 0.310. The van der Waals surface area contributed by atoms with E-state index in [2.05, 4.69) is 32.3 Å². The van der Waals surface area contributed by atoms with Gasteiger partial charge in [0, 0.05) is 30.1 Å². The van der Waals surface area contributed by atoms with Crippen molar-refractivity contribution in [2.45, 2.75) is 39.0 Å². The van der Waals surface area contributed by atoms with Gasteiger partial charge in [-0.1, -0.05) is 19.1 Å². The number of furan rings is 1. The third-order valence-corrected chi connectivity index (χ3v) is 7.07. The van der Waals surface area contributed by atoms with Crippen LogP contribution in [0.25, 0.3) is 10.9 Å². The van der Waals surface area contributed by atoms with E-state index in [1.54, 1.807) is 18.1 Å². The number of nitrogens with one attached hydrogen (secondary N) is 1. The number of benzene rings is 2. The summed E-state index contributed by atoms with van der Waals surface area (Å²) in [6.07, 6.45) is 2.35. The van der Waals surface area contributed by atoms with Gasteiger partial charge in [0.05, 0.1) is 24.9 Å². The van der Waals surface area contributed by atoms with Crippen LogP contribution in [0.1, 0.15) is 42.1 Å². The lowest BCUT2D eigenvalue weighted by Crippen LogP contribution is -2.32. The van der Waals surface area contributed by atoms with Crippen molar-refractivity contribution in [1.29, 1.82) is 0 Å². The van der Waals surface area contributed by atoms with Crippen LogP contribution in [0.2, 0.25) is 0 Å². The molecule has 1 unspecified atom stereocenters. The molecule has 0 saturated carbocycles. The highest BCUT2D eigenvalue weighted by Gasteiger charge is 2.27. The SMILES string of the molecule is CCC(c1nnnn1Cc1ccco1)N(Cc1ccc(OC)cc1)Cc1cc2cc3c(cc2[nH]c1=O)OCCO3. The van der Waals surface area contributed by atoms with E-state index in [-0.39, 0.29) is 11.6 Å². The maximum atomic E-state index is 13.3. The first-order chi connectivity index (χ1) is 19.6. The summed E-state index contributed by atoms with van der Waals surface area (Å²) in [6, 6.07) is 17.1. The van der Waals surface area contributed by atoms with Gasteiger partial charge >= 0.3 is 0 Å². The predicted molar refractivity (Wildman–Crippen MR) is 146 cm³/mol. The number of pyridine rings is 1. The van der Waals surface area contributed by atoms with E-state index in [9.17, 15) is 4.79 Å². The number of ether oxygens (including phenoxy) is 3. The van der Waals surface area contributed by atoms with Gasteiger partial charge in [0.15, 0.2) is 17.3 Å². The Labute approximate surface area is 230 Å². The first-order valence-corrected chi connectivity index (χ1v) is 13.2. The highest BCUT2D eigenvalue weighted by atomic mass is 16.6. The van der Waals surface area contributed by atoms with Crippen molar-refractivity contribution in [3.8, 4) is 17.2 Å². The van der Waals surface area contributed by atoms with Crippen molar-refractivity contribution in [2.75, 3.05) is 20.3 Å². The predicted octanol–water partition coefficient (Wildman–Crippen LogP) is 4.09. The molecule has 0 bridgehead atoms. The number of H-pyrrole nitrogens is 1. The van der Waals surface area contributed by atoms with Crippen LogP contribution in [0.5, 0.6) is 17.2 Å². The minimum absolute atomic E-state index is 0.158. The zero-order chi connectivity index (χ0) is 27.5. The summed E-state index contributed by atoms with van der Waals surface area (Å²) in [7, 11) is 1.65. The molecule has 0 aliphatic carbocycles. The number of hydrogen-bond acceptors (Lipinski definition) is 9. The molecule has 2 aromatic carbocycles. The average molecular weight is 543 g/mol. The molecule has 5 aromatic rings. The lowest BCUT2D eigenvalue weighted by molar-refractivity contribution is 0.161. The normalized spacial score (nSPS) is 13.6.